The number of sulfonamides is 1. The van der Waals surface area contributed by atoms with Crippen LogP contribution in [0.4, 0.5) is 19.0 Å². The number of anilines is 1. The molecule has 0 aliphatic carbocycles. The van der Waals surface area contributed by atoms with Gasteiger partial charge in [0, 0.05) is 32.4 Å². The van der Waals surface area contributed by atoms with Gasteiger partial charge in [0.15, 0.2) is 0 Å². The Bertz CT molecular complexity index is 1120. The van der Waals surface area contributed by atoms with Crippen LogP contribution in [0.25, 0.3) is 10.8 Å². The quantitative estimate of drug-likeness (QED) is 0.646. The molecule has 9 heteroatoms. The Labute approximate surface area is 166 Å². The Hall–Kier alpha value is -2.65. The van der Waals surface area contributed by atoms with Gasteiger partial charge in [-0.15, -0.1) is 0 Å². The van der Waals surface area contributed by atoms with Gasteiger partial charge in [-0.3, -0.25) is 0 Å². The largest absolute Gasteiger partial charge is 0.417 e. The van der Waals surface area contributed by atoms with Gasteiger partial charge >= 0.3 is 6.18 Å². The highest BCUT2D eigenvalue weighted by atomic mass is 32.2. The Morgan fingerprint density at radius 1 is 0.862 bits per heavy atom. The smallest absolute Gasteiger partial charge is 0.354 e. The first kappa shape index (κ1) is 19.7. The van der Waals surface area contributed by atoms with Crippen molar-refractivity contribution in [3.63, 3.8) is 0 Å². The number of alkyl halides is 3. The average Bonchev–Trinajstić information content (AvgIpc) is 2.73. The molecule has 0 atom stereocenters. The summed E-state index contributed by atoms with van der Waals surface area (Å²) in [6.45, 7) is 1.17. The summed E-state index contributed by atoms with van der Waals surface area (Å²) >= 11 is 0. The molecular weight excluding hydrogens is 403 g/mol. The maximum absolute atomic E-state index is 13.0. The van der Waals surface area contributed by atoms with Crippen LogP contribution < -0.4 is 4.90 Å². The molecule has 5 nitrogen and oxygen atoms in total. The summed E-state index contributed by atoms with van der Waals surface area (Å²) in [5.74, 6) is 0.403. The van der Waals surface area contributed by atoms with E-state index in [0.717, 1.165) is 23.0 Å². The molecule has 0 unspecified atom stereocenters. The molecule has 152 valence electrons. The number of piperazine rings is 1. The van der Waals surface area contributed by atoms with Crippen molar-refractivity contribution >= 4 is 26.6 Å². The zero-order valence-corrected chi connectivity index (χ0v) is 16.1. The van der Waals surface area contributed by atoms with Crippen molar-refractivity contribution < 1.29 is 21.6 Å². The molecule has 29 heavy (non-hydrogen) atoms. The maximum atomic E-state index is 13.0. The van der Waals surface area contributed by atoms with Crippen LogP contribution in [0.2, 0.25) is 0 Å². The molecule has 0 spiro atoms. The van der Waals surface area contributed by atoms with Gasteiger partial charge in [0.2, 0.25) is 10.0 Å². The van der Waals surface area contributed by atoms with Crippen LogP contribution in [0.3, 0.4) is 0 Å². The lowest BCUT2D eigenvalue weighted by Crippen LogP contribution is -2.48. The SMILES string of the molecule is O=S(=O)(c1ccc2ccccc2c1)N1CCN(c2ccc(C(F)(F)F)cn2)CC1. The van der Waals surface area contributed by atoms with E-state index in [2.05, 4.69) is 4.98 Å². The second-order valence-electron chi connectivity index (χ2n) is 6.80. The van der Waals surface area contributed by atoms with Gasteiger partial charge in [-0.05, 0) is 35.0 Å². The first-order valence-corrected chi connectivity index (χ1v) is 10.5. The Morgan fingerprint density at radius 3 is 2.17 bits per heavy atom. The van der Waals surface area contributed by atoms with Gasteiger partial charge in [-0.25, -0.2) is 13.4 Å². The lowest BCUT2D eigenvalue weighted by Gasteiger charge is -2.34. The highest BCUT2D eigenvalue weighted by Gasteiger charge is 2.32. The maximum Gasteiger partial charge on any atom is 0.417 e. The highest BCUT2D eigenvalue weighted by molar-refractivity contribution is 7.89. The van der Waals surface area contributed by atoms with Crippen molar-refractivity contribution in [3.05, 3.63) is 66.4 Å². The first-order chi connectivity index (χ1) is 13.7. The van der Waals surface area contributed by atoms with Gasteiger partial charge < -0.3 is 4.90 Å². The number of halogens is 3. The van der Waals surface area contributed by atoms with Crippen LogP contribution in [0, 0.1) is 0 Å². The average molecular weight is 421 g/mol. The minimum absolute atomic E-state index is 0.234. The number of aromatic nitrogens is 1. The predicted molar refractivity (Wildman–Crippen MR) is 104 cm³/mol. The molecule has 0 saturated carbocycles. The molecule has 0 radical (unpaired) electrons. The minimum atomic E-state index is -4.43. The van der Waals surface area contributed by atoms with Gasteiger partial charge in [0.05, 0.1) is 10.5 Å². The molecular formula is C20H18F3N3O2S. The van der Waals surface area contributed by atoms with E-state index in [-0.39, 0.29) is 18.0 Å². The number of fused-ring (bicyclic) bond motifs is 1. The molecule has 1 aromatic heterocycles. The Kier molecular flexibility index (Phi) is 4.95. The zero-order chi connectivity index (χ0) is 20.6. The van der Waals surface area contributed by atoms with E-state index >= 15 is 0 Å². The topological polar surface area (TPSA) is 53.5 Å². The molecule has 4 rings (SSSR count). The molecule has 0 amide bonds. The van der Waals surface area contributed by atoms with Crippen molar-refractivity contribution in [2.75, 3.05) is 31.1 Å². The molecule has 0 bridgehead atoms. The van der Waals surface area contributed by atoms with Gasteiger partial charge in [-0.1, -0.05) is 30.3 Å². The number of pyridine rings is 1. The predicted octanol–water partition coefficient (Wildman–Crippen LogP) is 3.76. The van der Waals surface area contributed by atoms with Gasteiger partial charge in [0.25, 0.3) is 0 Å². The lowest BCUT2D eigenvalue weighted by atomic mass is 10.1. The third-order valence-electron chi connectivity index (χ3n) is 5.00. The van der Waals surface area contributed by atoms with Crippen LogP contribution >= 0.6 is 0 Å². The minimum Gasteiger partial charge on any atom is -0.354 e. The van der Waals surface area contributed by atoms with E-state index in [4.69, 9.17) is 0 Å². The molecule has 1 fully saturated rings. The summed E-state index contributed by atoms with van der Waals surface area (Å²) in [6.07, 6.45) is -3.63. The van der Waals surface area contributed by atoms with E-state index in [1.54, 1.807) is 23.1 Å². The first-order valence-electron chi connectivity index (χ1n) is 9.02. The normalized spacial score (nSPS) is 16.3. The van der Waals surface area contributed by atoms with E-state index in [0.29, 0.717) is 18.9 Å². The summed E-state index contributed by atoms with van der Waals surface area (Å²) in [5, 5.41) is 1.81. The Balaban J connectivity index is 1.48. The summed E-state index contributed by atoms with van der Waals surface area (Å²) in [6, 6.07) is 14.9. The van der Waals surface area contributed by atoms with Crippen molar-refractivity contribution in [2.45, 2.75) is 11.1 Å². The van der Waals surface area contributed by atoms with Gasteiger partial charge in [-0.2, -0.15) is 17.5 Å². The molecule has 1 saturated heterocycles. The van der Waals surface area contributed by atoms with Crippen molar-refractivity contribution in [1.29, 1.82) is 0 Å². The number of benzene rings is 2. The lowest BCUT2D eigenvalue weighted by molar-refractivity contribution is -0.137. The summed E-state index contributed by atoms with van der Waals surface area (Å²) in [5.41, 5.74) is -0.807. The molecule has 0 N–H and O–H groups in total. The highest BCUT2D eigenvalue weighted by Crippen LogP contribution is 2.30. The number of hydrogen-bond donors (Lipinski definition) is 0. The molecule has 1 aliphatic rings. The van der Waals surface area contributed by atoms with E-state index in [1.807, 2.05) is 24.3 Å². The second-order valence-corrected chi connectivity index (χ2v) is 8.74. The number of rotatable bonds is 3. The molecule has 2 heterocycles. The fourth-order valence-corrected chi connectivity index (χ4v) is 4.83. The third kappa shape index (κ3) is 3.92. The van der Waals surface area contributed by atoms with Crippen LogP contribution in [0.15, 0.2) is 65.7 Å². The standard InChI is InChI=1S/C20H18F3N3O2S/c21-20(22,23)17-6-8-19(24-14-17)25-9-11-26(12-10-25)29(27,28)18-7-5-15-3-1-2-4-16(15)13-18/h1-8,13-14H,9-12H2. The fraction of sp³-hybridized carbons (Fsp3) is 0.250. The molecule has 2 aromatic carbocycles. The van der Waals surface area contributed by atoms with E-state index < -0.39 is 21.8 Å². The van der Waals surface area contributed by atoms with Crippen molar-refractivity contribution in [3.8, 4) is 0 Å². The fourth-order valence-electron chi connectivity index (χ4n) is 3.38. The van der Waals surface area contributed by atoms with Crippen LogP contribution in [-0.4, -0.2) is 43.9 Å². The van der Waals surface area contributed by atoms with Gasteiger partial charge in [0.1, 0.15) is 5.82 Å². The summed E-state index contributed by atoms with van der Waals surface area (Å²) in [4.78, 5) is 5.90. The summed E-state index contributed by atoms with van der Waals surface area (Å²) in [7, 11) is -3.65. The van der Waals surface area contributed by atoms with Crippen molar-refractivity contribution in [1.82, 2.24) is 9.29 Å². The molecule has 1 aliphatic heterocycles. The third-order valence-corrected chi connectivity index (χ3v) is 6.89. The number of nitrogens with zero attached hydrogens (tertiary/aromatic N) is 3. The van der Waals surface area contributed by atoms with Crippen LogP contribution in [-0.2, 0) is 16.2 Å². The Morgan fingerprint density at radius 2 is 1.55 bits per heavy atom. The summed E-state index contributed by atoms with van der Waals surface area (Å²) < 4.78 is 65.4. The van der Waals surface area contributed by atoms with E-state index in [9.17, 15) is 21.6 Å². The second kappa shape index (κ2) is 7.31. The van der Waals surface area contributed by atoms with Crippen LogP contribution in [0.5, 0.6) is 0 Å². The van der Waals surface area contributed by atoms with Crippen molar-refractivity contribution in [2.24, 2.45) is 0 Å². The van der Waals surface area contributed by atoms with Crippen LogP contribution in [0.1, 0.15) is 5.56 Å². The zero-order valence-electron chi connectivity index (χ0n) is 15.3. The monoisotopic (exact) mass is 421 g/mol. The number of hydrogen-bond acceptors (Lipinski definition) is 4. The molecule has 3 aromatic rings. The van der Waals surface area contributed by atoms with E-state index in [1.165, 1.54) is 10.4 Å².